The number of carbonyl (C=O) groups excluding carboxylic acids is 2. The van der Waals surface area contributed by atoms with Crippen LogP contribution in [0.2, 0.25) is 0 Å². The number of anilines is 2. The Bertz CT molecular complexity index is 765. The van der Waals surface area contributed by atoms with Crippen molar-refractivity contribution in [3.63, 3.8) is 0 Å². The van der Waals surface area contributed by atoms with Crippen LogP contribution in [0.3, 0.4) is 0 Å². The molecule has 2 aromatic rings. The van der Waals surface area contributed by atoms with Crippen LogP contribution in [0, 0.1) is 6.92 Å². The lowest BCUT2D eigenvalue weighted by Gasteiger charge is -2.26. The van der Waals surface area contributed by atoms with Gasteiger partial charge in [0.2, 0.25) is 5.91 Å². The maximum absolute atomic E-state index is 12.6. The Balaban J connectivity index is 1.56. The molecule has 0 aromatic heterocycles. The van der Waals surface area contributed by atoms with Crippen molar-refractivity contribution in [2.75, 3.05) is 30.3 Å². The summed E-state index contributed by atoms with van der Waals surface area (Å²) in [6.45, 7) is 3.83. The summed E-state index contributed by atoms with van der Waals surface area (Å²) in [7, 11) is 0. The van der Waals surface area contributed by atoms with E-state index < -0.39 is 0 Å². The molecule has 2 aromatic carbocycles. The standard InChI is InChI=1S/C21H25N3O2/c1-16-8-10-18(11-9-16)22-15-20(25)23-19-7-5-6-17(14-19)21(26)24-12-3-2-4-13-24/h5-11,14,22H,2-4,12-13,15H2,1H3,(H,23,25). The number of amides is 2. The van der Waals surface area contributed by atoms with E-state index in [0.29, 0.717) is 11.3 Å². The quantitative estimate of drug-likeness (QED) is 0.864. The molecule has 3 rings (SSSR count). The fourth-order valence-corrected chi connectivity index (χ4v) is 3.07. The summed E-state index contributed by atoms with van der Waals surface area (Å²) in [5, 5.41) is 5.94. The molecule has 0 unspecified atom stereocenters. The topological polar surface area (TPSA) is 61.4 Å². The van der Waals surface area contributed by atoms with Gasteiger partial charge in [0.15, 0.2) is 0 Å². The van der Waals surface area contributed by atoms with Crippen LogP contribution in [0.5, 0.6) is 0 Å². The van der Waals surface area contributed by atoms with Gasteiger partial charge in [-0.25, -0.2) is 0 Å². The van der Waals surface area contributed by atoms with Gasteiger partial charge in [-0.1, -0.05) is 23.8 Å². The maximum Gasteiger partial charge on any atom is 0.253 e. The molecule has 26 heavy (non-hydrogen) atoms. The average Bonchev–Trinajstić information content (AvgIpc) is 2.68. The molecule has 1 aliphatic heterocycles. The number of aryl methyl sites for hydroxylation is 1. The molecule has 136 valence electrons. The highest BCUT2D eigenvalue weighted by Crippen LogP contribution is 2.16. The number of nitrogens with zero attached hydrogens (tertiary/aromatic N) is 1. The summed E-state index contributed by atoms with van der Waals surface area (Å²) in [5.41, 5.74) is 3.34. The molecule has 0 atom stereocenters. The summed E-state index contributed by atoms with van der Waals surface area (Å²) >= 11 is 0. The molecule has 0 aliphatic carbocycles. The van der Waals surface area contributed by atoms with E-state index in [9.17, 15) is 9.59 Å². The fourth-order valence-electron chi connectivity index (χ4n) is 3.07. The molecule has 2 N–H and O–H groups in total. The lowest BCUT2D eigenvalue weighted by molar-refractivity contribution is -0.114. The van der Waals surface area contributed by atoms with Crippen molar-refractivity contribution in [3.8, 4) is 0 Å². The normalized spacial score (nSPS) is 14.0. The first-order chi connectivity index (χ1) is 12.6. The van der Waals surface area contributed by atoms with Crippen LogP contribution in [0.4, 0.5) is 11.4 Å². The van der Waals surface area contributed by atoms with Gasteiger partial charge < -0.3 is 15.5 Å². The number of likely N-dealkylation sites (tertiary alicyclic amines) is 1. The van der Waals surface area contributed by atoms with Gasteiger partial charge in [-0.3, -0.25) is 9.59 Å². The predicted molar refractivity (Wildman–Crippen MR) is 104 cm³/mol. The van der Waals surface area contributed by atoms with E-state index >= 15 is 0 Å². The smallest absolute Gasteiger partial charge is 0.253 e. The zero-order chi connectivity index (χ0) is 18.4. The van der Waals surface area contributed by atoms with Crippen LogP contribution in [0.1, 0.15) is 35.2 Å². The number of benzene rings is 2. The van der Waals surface area contributed by atoms with Crippen molar-refractivity contribution in [2.45, 2.75) is 26.2 Å². The van der Waals surface area contributed by atoms with E-state index in [-0.39, 0.29) is 18.4 Å². The van der Waals surface area contributed by atoms with Gasteiger partial charge in [-0.05, 0) is 56.5 Å². The van der Waals surface area contributed by atoms with Crippen LogP contribution in [-0.2, 0) is 4.79 Å². The second-order valence-corrected chi connectivity index (χ2v) is 6.70. The van der Waals surface area contributed by atoms with Gasteiger partial charge in [0, 0.05) is 30.0 Å². The first-order valence-electron chi connectivity index (χ1n) is 9.11. The minimum Gasteiger partial charge on any atom is -0.376 e. The van der Waals surface area contributed by atoms with E-state index in [1.165, 1.54) is 12.0 Å². The second-order valence-electron chi connectivity index (χ2n) is 6.70. The third-order valence-electron chi connectivity index (χ3n) is 4.54. The van der Waals surface area contributed by atoms with E-state index in [2.05, 4.69) is 10.6 Å². The van der Waals surface area contributed by atoms with Crippen LogP contribution >= 0.6 is 0 Å². The van der Waals surface area contributed by atoms with Crippen LogP contribution in [-0.4, -0.2) is 36.3 Å². The Morgan fingerprint density at radius 1 is 0.962 bits per heavy atom. The molecule has 0 spiro atoms. The van der Waals surface area contributed by atoms with Gasteiger partial charge in [0.25, 0.3) is 5.91 Å². The summed E-state index contributed by atoms with van der Waals surface area (Å²) in [6.07, 6.45) is 3.31. The van der Waals surface area contributed by atoms with Gasteiger partial charge in [-0.2, -0.15) is 0 Å². The zero-order valence-corrected chi connectivity index (χ0v) is 15.1. The monoisotopic (exact) mass is 351 g/mol. The number of nitrogens with one attached hydrogen (secondary N) is 2. The minimum absolute atomic E-state index is 0.0404. The molecule has 1 saturated heterocycles. The van der Waals surface area contributed by atoms with Crippen molar-refractivity contribution >= 4 is 23.2 Å². The van der Waals surface area contributed by atoms with E-state index in [4.69, 9.17) is 0 Å². The Morgan fingerprint density at radius 2 is 1.69 bits per heavy atom. The third kappa shape index (κ3) is 4.85. The molecule has 1 heterocycles. The number of carbonyl (C=O) groups is 2. The SMILES string of the molecule is Cc1ccc(NCC(=O)Nc2cccc(C(=O)N3CCCCC3)c2)cc1. The van der Waals surface area contributed by atoms with Gasteiger partial charge >= 0.3 is 0 Å². The first kappa shape index (κ1) is 18.0. The van der Waals surface area contributed by atoms with Crippen LogP contribution in [0.25, 0.3) is 0 Å². The summed E-state index contributed by atoms with van der Waals surface area (Å²) in [6, 6.07) is 15.0. The minimum atomic E-state index is -0.145. The molecule has 0 bridgehead atoms. The maximum atomic E-state index is 12.6. The number of piperidine rings is 1. The Morgan fingerprint density at radius 3 is 2.42 bits per heavy atom. The molecule has 1 aliphatic rings. The van der Waals surface area contributed by atoms with E-state index in [0.717, 1.165) is 31.6 Å². The van der Waals surface area contributed by atoms with E-state index in [1.807, 2.05) is 36.1 Å². The Labute approximate surface area is 154 Å². The largest absolute Gasteiger partial charge is 0.376 e. The Hall–Kier alpha value is -2.82. The van der Waals surface area contributed by atoms with Gasteiger partial charge in [-0.15, -0.1) is 0 Å². The third-order valence-corrected chi connectivity index (χ3v) is 4.54. The predicted octanol–water partition coefficient (Wildman–Crippen LogP) is 3.67. The highest BCUT2D eigenvalue weighted by molar-refractivity contribution is 5.98. The van der Waals surface area contributed by atoms with Crippen molar-refractivity contribution < 1.29 is 9.59 Å². The summed E-state index contributed by atoms with van der Waals surface area (Å²) in [4.78, 5) is 26.6. The summed E-state index contributed by atoms with van der Waals surface area (Å²) in [5.74, 6) is -0.105. The van der Waals surface area contributed by atoms with Gasteiger partial charge in [0.05, 0.1) is 6.54 Å². The highest BCUT2D eigenvalue weighted by Gasteiger charge is 2.18. The van der Waals surface area contributed by atoms with Crippen molar-refractivity contribution in [2.24, 2.45) is 0 Å². The molecule has 5 nitrogen and oxygen atoms in total. The van der Waals surface area contributed by atoms with Crippen molar-refractivity contribution in [1.82, 2.24) is 4.90 Å². The van der Waals surface area contributed by atoms with Gasteiger partial charge in [0.1, 0.15) is 0 Å². The van der Waals surface area contributed by atoms with Crippen LogP contribution < -0.4 is 10.6 Å². The lowest BCUT2D eigenvalue weighted by Crippen LogP contribution is -2.35. The zero-order valence-electron chi connectivity index (χ0n) is 15.1. The highest BCUT2D eigenvalue weighted by atomic mass is 16.2. The molecule has 2 amide bonds. The van der Waals surface area contributed by atoms with Crippen LogP contribution in [0.15, 0.2) is 48.5 Å². The number of hydrogen-bond donors (Lipinski definition) is 2. The molecular formula is C21H25N3O2. The summed E-state index contributed by atoms with van der Waals surface area (Å²) < 4.78 is 0. The fraction of sp³-hybridized carbons (Fsp3) is 0.333. The number of hydrogen-bond acceptors (Lipinski definition) is 3. The molecular weight excluding hydrogens is 326 g/mol. The number of rotatable bonds is 5. The molecule has 1 fully saturated rings. The first-order valence-corrected chi connectivity index (χ1v) is 9.11. The van der Waals surface area contributed by atoms with Crippen molar-refractivity contribution in [3.05, 3.63) is 59.7 Å². The van der Waals surface area contributed by atoms with E-state index in [1.54, 1.807) is 24.3 Å². The molecule has 0 radical (unpaired) electrons. The Kier molecular flexibility index (Phi) is 5.89. The molecule has 5 heteroatoms. The lowest BCUT2D eigenvalue weighted by atomic mass is 10.1. The second kappa shape index (κ2) is 8.52. The van der Waals surface area contributed by atoms with Crippen molar-refractivity contribution in [1.29, 1.82) is 0 Å². The average molecular weight is 351 g/mol. The molecule has 0 saturated carbocycles.